The van der Waals surface area contributed by atoms with Gasteiger partial charge in [-0.1, -0.05) is 0 Å². The van der Waals surface area contributed by atoms with E-state index in [0.717, 1.165) is 0 Å². The third-order valence-electron chi connectivity index (χ3n) is 3.18. The van der Waals surface area contributed by atoms with E-state index in [2.05, 4.69) is 4.98 Å². The van der Waals surface area contributed by atoms with E-state index in [9.17, 15) is 9.59 Å². The first kappa shape index (κ1) is 12.9. The summed E-state index contributed by atoms with van der Waals surface area (Å²) in [5, 5.41) is 0.416. The SMILES string of the molecule is NC(=O)c1ccc2c(=O)n(-c3ccc(N)cc3)ccc2n1. The van der Waals surface area contributed by atoms with Gasteiger partial charge in [0.05, 0.1) is 10.9 Å². The Hall–Kier alpha value is -3.15. The summed E-state index contributed by atoms with van der Waals surface area (Å²) < 4.78 is 1.49. The third-order valence-corrected chi connectivity index (χ3v) is 3.18. The molecule has 6 nitrogen and oxygen atoms in total. The Morgan fingerprint density at radius 2 is 1.76 bits per heavy atom. The van der Waals surface area contributed by atoms with Gasteiger partial charge in [0, 0.05) is 17.6 Å². The van der Waals surface area contributed by atoms with Gasteiger partial charge >= 0.3 is 0 Å². The summed E-state index contributed by atoms with van der Waals surface area (Å²) in [5.74, 6) is -0.625. The molecule has 0 atom stereocenters. The van der Waals surface area contributed by atoms with E-state index in [0.29, 0.717) is 22.3 Å². The second kappa shape index (κ2) is 4.75. The molecule has 6 heteroatoms. The number of carbonyl (C=O) groups is 1. The number of carbonyl (C=O) groups excluding carboxylic acids is 1. The van der Waals surface area contributed by atoms with Gasteiger partial charge in [-0.05, 0) is 42.5 Å². The number of rotatable bonds is 2. The Morgan fingerprint density at radius 3 is 2.43 bits per heavy atom. The molecule has 0 aliphatic heterocycles. The van der Waals surface area contributed by atoms with Crippen molar-refractivity contribution in [1.82, 2.24) is 9.55 Å². The number of hydrogen-bond acceptors (Lipinski definition) is 4. The maximum Gasteiger partial charge on any atom is 0.267 e. The van der Waals surface area contributed by atoms with Crippen LogP contribution >= 0.6 is 0 Å². The van der Waals surface area contributed by atoms with Gasteiger partial charge in [0.15, 0.2) is 0 Å². The number of nitrogens with two attached hydrogens (primary N) is 2. The molecule has 1 amide bonds. The number of pyridine rings is 2. The highest BCUT2D eigenvalue weighted by atomic mass is 16.1. The minimum Gasteiger partial charge on any atom is -0.399 e. The van der Waals surface area contributed by atoms with Gasteiger partial charge in [0.1, 0.15) is 5.69 Å². The molecule has 0 fully saturated rings. The zero-order valence-electron chi connectivity index (χ0n) is 11.0. The van der Waals surface area contributed by atoms with E-state index < -0.39 is 5.91 Å². The van der Waals surface area contributed by atoms with Crippen molar-refractivity contribution in [2.24, 2.45) is 5.73 Å². The number of nitrogens with zero attached hydrogens (tertiary/aromatic N) is 2. The maximum atomic E-state index is 12.5. The van der Waals surface area contributed by atoms with Crippen LogP contribution in [0, 0.1) is 0 Å². The number of hydrogen-bond donors (Lipinski definition) is 2. The van der Waals surface area contributed by atoms with Gasteiger partial charge in [-0.25, -0.2) is 4.98 Å². The minimum absolute atomic E-state index is 0.132. The lowest BCUT2D eigenvalue weighted by Gasteiger charge is -2.07. The molecule has 0 unspecified atom stereocenters. The second-order valence-corrected chi connectivity index (χ2v) is 4.58. The van der Waals surface area contributed by atoms with Crippen LogP contribution in [0.1, 0.15) is 10.5 Å². The van der Waals surface area contributed by atoms with Crippen molar-refractivity contribution in [3.8, 4) is 5.69 Å². The van der Waals surface area contributed by atoms with Gasteiger partial charge in [-0.2, -0.15) is 0 Å². The van der Waals surface area contributed by atoms with Crippen molar-refractivity contribution in [2.75, 3.05) is 5.73 Å². The number of primary amides is 1. The van der Waals surface area contributed by atoms with Gasteiger partial charge in [0.2, 0.25) is 0 Å². The number of benzene rings is 1. The third kappa shape index (κ3) is 2.23. The molecule has 2 aromatic heterocycles. The van der Waals surface area contributed by atoms with Crippen LogP contribution in [-0.2, 0) is 0 Å². The van der Waals surface area contributed by atoms with Crippen LogP contribution in [0.15, 0.2) is 53.5 Å². The van der Waals surface area contributed by atoms with Crippen molar-refractivity contribution in [3.63, 3.8) is 0 Å². The van der Waals surface area contributed by atoms with Gasteiger partial charge in [0.25, 0.3) is 11.5 Å². The first-order valence-corrected chi connectivity index (χ1v) is 6.24. The molecular weight excluding hydrogens is 268 g/mol. The zero-order valence-corrected chi connectivity index (χ0v) is 11.0. The summed E-state index contributed by atoms with van der Waals surface area (Å²) in [6.45, 7) is 0. The van der Waals surface area contributed by atoms with Crippen molar-refractivity contribution >= 4 is 22.5 Å². The summed E-state index contributed by atoms with van der Waals surface area (Å²) in [4.78, 5) is 27.7. The smallest absolute Gasteiger partial charge is 0.267 e. The van der Waals surface area contributed by atoms with Crippen LogP contribution in [0.4, 0.5) is 5.69 Å². The molecule has 0 saturated carbocycles. The molecule has 3 aromatic rings. The molecule has 4 N–H and O–H groups in total. The number of fused-ring (bicyclic) bond motifs is 1. The normalized spacial score (nSPS) is 10.7. The Labute approximate surface area is 119 Å². The number of aromatic nitrogens is 2. The minimum atomic E-state index is -0.625. The van der Waals surface area contributed by atoms with Crippen LogP contribution in [0.3, 0.4) is 0 Å². The van der Waals surface area contributed by atoms with Crippen molar-refractivity contribution in [2.45, 2.75) is 0 Å². The second-order valence-electron chi connectivity index (χ2n) is 4.58. The molecule has 0 radical (unpaired) electrons. The lowest BCUT2D eigenvalue weighted by Crippen LogP contribution is -2.19. The predicted molar refractivity (Wildman–Crippen MR) is 80.3 cm³/mol. The first-order chi connectivity index (χ1) is 10.1. The average Bonchev–Trinajstić information content (AvgIpc) is 2.48. The van der Waals surface area contributed by atoms with Crippen LogP contribution in [0.5, 0.6) is 0 Å². The Morgan fingerprint density at radius 1 is 1.05 bits per heavy atom. The highest BCUT2D eigenvalue weighted by Gasteiger charge is 2.08. The topological polar surface area (TPSA) is 104 Å². The fourth-order valence-electron chi connectivity index (χ4n) is 2.10. The highest BCUT2D eigenvalue weighted by Crippen LogP contribution is 2.12. The van der Waals surface area contributed by atoms with E-state index in [1.807, 2.05) is 0 Å². The van der Waals surface area contributed by atoms with Crippen molar-refractivity contribution < 1.29 is 4.79 Å². The molecule has 0 saturated heterocycles. The van der Waals surface area contributed by atoms with Crippen LogP contribution in [-0.4, -0.2) is 15.5 Å². The van der Waals surface area contributed by atoms with Crippen LogP contribution in [0.25, 0.3) is 16.6 Å². The average molecular weight is 280 g/mol. The predicted octanol–water partition coefficient (Wildman–Crippen LogP) is 1.07. The Kier molecular flexibility index (Phi) is 2.91. The standard InChI is InChI=1S/C15H12N4O2/c16-9-1-3-10(4-2-9)19-8-7-12-11(15(19)21)5-6-13(18-12)14(17)20/h1-8H,16H2,(H2,17,20). The fourth-order valence-corrected chi connectivity index (χ4v) is 2.10. The Balaban J connectivity index is 2.21. The Bertz CT molecular complexity index is 898. The molecule has 1 aromatic carbocycles. The van der Waals surface area contributed by atoms with Gasteiger partial charge < -0.3 is 11.5 Å². The molecule has 0 spiro atoms. The van der Waals surface area contributed by atoms with Crippen LogP contribution < -0.4 is 17.0 Å². The van der Waals surface area contributed by atoms with E-state index in [1.165, 1.54) is 10.6 Å². The molecule has 21 heavy (non-hydrogen) atoms. The first-order valence-electron chi connectivity index (χ1n) is 6.24. The van der Waals surface area contributed by atoms with Crippen molar-refractivity contribution in [1.29, 1.82) is 0 Å². The molecule has 3 rings (SSSR count). The van der Waals surface area contributed by atoms with E-state index in [1.54, 1.807) is 42.6 Å². The fraction of sp³-hybridized carbons (Fsp3) is 0. The largest absolute Gasteiger partial charge is 0.399 e. The molecule has 0 bridgehead atoms. The molecule has 2 heterocycles. The summed E-state index contributed by atoms with van der Waals surface area (Å²) in [7, 11) is 0. The summed E-state index contributed by atoms with van der Waals surface area (Å²) in [6.07, 6.45) is 1.61. The van der Waals surface area contributed by atoms with Gasteiger partial charge in [-0.15, -0.1) is 0 Å². The molecule has 0 aliphatic carbocycles. The lowest BCUT2D eigenvalue weighted by atomic mass is 10.2. The molecule has 0 aliphatic rings. The monoisotopic (exact) mass is 280 g/mol. The van der Waals surface area contributed by atoms with Crippen molar-refractivity contribution in [3.05, 3.63) is 64.7 Å². The number of nitrogen functional groups attached to an aromatic ring is 1. The quantitative estimate of drug-likeness (QED) is 0.685. The molecule has 104 valence electrons. The lowest BCUT2D eigenvalue weighted by molar-refractivity contribution is 0.0996. The van der Waals surface area contributed by atoms with Crippen LogP contribution in [0.2, 0.25) is 0 Å². The van der Waals surface area contributed by atoms with E-state index in [-0.39, 0.29) is 11.3 Å². The number of amides is 1. The summed E-state index contributed by atoms with van der Waals surface area (Å²) in [6, 6.07) is 11.6. The van der Waals surface area contributed by atoms with Gasteiger partial charge in [-0.3, -0.25) is 14.2 Å². The summed E-state index contributed by atoms with van der Waals surface area (Å²) >= 11 is 0. The van der Waals surface area contributed by atoms with E-state index >= 15 is 0 Å². The zero-order chi connectivity index (χ0) is 15.0. The highest BCUT2D eigenvalue weighted by molar-refractivity contribution is 5.93. The number of anilines is 1. The maximum absolute atomic E-state index is 12.5. The summed E-state index contributed by atoms with van der Waals surface area (Å²) in [5.41, 5.74) is 12.5. The van der Waals surface area contributed by atoms with E-state index in [4.69, 9.17) is 11.5 Å². The molecular formula is C15H12N4O2.